The van der Waals surface area contributed by atoms with Crippen LogP contribution in [-0.2, 0) is 6.54 Å². The zero-order chi connectivity index (χ0) is 12.8. The summed E-state index contributed by atoms with van der Waals surface area (Å²) in [6.07, 6.45) is 3.20. The molecule has 1 aromatic carbocycles. The van der Waals surface area contributed by atoms with E-state index in [2.05, 4.69) is 21.4 Å². The fourth-order valence-electron chi connectivity index (χ4n) is 1.52. The van der Waals surface area contributed by atoms with Crippen LogP contribution in [-0.4, -0.2) is 17.1 Å². The summed E-state index contributed by atoms with van der Waals surface area (Å²) in [6.45, 7) is 0.574. The molecule has 0 saturated carbocycles. The summed E-state index contributed by atoms with van der Waals surface area (Å²) in [5.41, 5.74) is 2.28. The molecule has 0 aliphatic heterocycles. The lowest BCUT2D eigenvalue weighted by Gasteiger charge is -2.10. The number of rotatable bonds is 4. The quantitative estimate of drug-likeness (QED) is 0.884. The van der Waals surface area contributed by atoms with Crippen molar-refractivity contribution >= 4 is 5.69 Å². The van der Waals surface area contributed by atoms with Crippen molar-refractivity contribution in [3.05, 3.63) is 48.0 Å². The van der Waals surface area contributed by atoms with Gasteiger partial charge in [0, 0.05) is 12.3 Å². The van der Waals surface area contributed by atoms with Gasteiger partial charge in [0.05, 0.1) is 36.7 Å². The van der Waals surface area contributed by atoms with E-state index in [9.17, 15) is 0 Å². The van der Waals surface area contributed by atoms with Crippen LogP contribution in [0.2, 0.25) is 0 Å². The number of nitrogens with one attached hydrogen (secondary N) is 1. The predicted molar refractivity (Wildman–Crippen MR) is 67.1 cm³/mol. The monoisotopic (exact) mass is 240 g/mol. The number of nitrogens with zero attached hydrogens (tertiary/aromatic N) is 3. The molecule has 1 aromatic heterocycles. The van der Waals surface area contributed by atoms with Gasteiger partial charge in [0.1, 0.15) is 12.1 Å². The van der Waals surface area contributed by atoms with Gasteiger partial charge in [-0.2, -0.15) is 5.26 Å². The lowest BCUT2D eigenvalue weighted by molar-refractivity contribution is 0.416. The van der Waals surface area contributed by atoms with Crippen molar-refractivity contribution in [1.29, 1.82) is 5.26 Å². The Morgan fingerprint density at radius 2 is 2.28 bits per heavy atom. The van der Waals surface area contributed by atoms with E-state index >= 15 is 0 Å². The standard InChI is InChI=1S/C13H12N4O/c1-18-13-6-10(7-14)2-3-12(13)16-8-11-4-5-15-9-17-11/h2-6,9,16H,8H2,1H3. The zero-order valence-corrected chi connectivity index (χ0v) is 9.92. The molecule has 0 aliphatic carbocycles. The molecule has 0 saturated heterocycles. The Morgan fingerprint density at radius 3 is 2.94 bits per heavy atom. The Labute approximate surface area is 105 Å². The second-order valence-corrected chi connectivity index (χ2v) is 3.58. The van der Waals surface area contributed by atoms with E-state index in [0.29, 0.717) is 17.9 Å². The third-order valence-corrected chi connectivity index (χ3v) is 2.43. The van der Waals surface area contributed by atoms with Gasteiger partial charge in [-0.15, -0.1) is 0 Å². The van der Waals surface area contributed by atoms with Crippen LogP contribution in [0, 0.1) is 11.3 Å². The molecule has 2 rings (SSSR count). The zero-order valence-electron chi connectivity index (χ0n) is 9.92. The minimum atomic E-state index is 0.569. The first-order chi connectivity index (χ1) is 8.83. The van der Waals surface area contributed by atoms with E-state index < -0.39 is 0 Å². The molecule has 0 bridgehead atoms. The van der Waals surface area contributed by atoms with Gasteiger partial charge in [0.15, 0.2) is 0 Å². The average molecular weight is 240 g/mol. The van der Waals surface area contributed by atoms with E-state index in [4.69, 9.17) is 10.00 Å². The highest BCUT2D eigenvalue weighted by molar-refractivity contribution is 5.59. The van der Waals surface area contributed by atoms with Crippen molar-refractivity contribution in [1.82, 2.24) is 9.97 Å². The number of ether oxygens (including phenoxy) is 1. The van der Waals surface area contributed by atoms with Crippen LogP contribution in [0.1, 0.15) is 11.3 Å². The Kier molecular flexibility index (Phi) is 3.72. The molecule has 5 heteroatoms. The second-order valence-electron chi connectivity index (χ2n) is 3.58. The summed E-state index contributed by atoms with van der Waals surface area (Å²) in [5.74, 6) is 0.642. The molecule has 1 heterocycles. The van der Waals surface area contributed by atoms with E-state index in [1.54, 1.807) is 25.4 Å². The fraction of sp³-hybridized carbons (Fsp3) is 0.154. The molecule has 1 N–H and O–H groups in total. The molecule has 0 radical (unpaired) electrons. The van der Waals surface area contributed by atoms with Crippen LogP contribution in [0.4, 0.5) is 5.69 Å². The lowest BCUT2D eigenvalue weighted by Crippen LogP contribution is -2.03. The second kappa shape index (κ2) is 5.64. The van der Waals surface area contributed by atoms with E-state index in [-0.39, 0.29) is 0 Å². The SMILES string of the molecule is COc1cc(C#N)ccc1NCc1ccncn1. The Morgan fingerprint density at radius 1 is 1.39 bits per heavy atom. The molecule has 90 valence electrons. The average Bonchev–Trinajstić information content (AvgIpc) is 2.46. The number of nitriles is 1. The normalized spacial score (nSPS) is 9.56. The Bertz CT molecular complexity index is 563. The van der Waals surface area contributed by atoms with Crippen molar-refractivity contribution < 1.29 is 4.74 Å². The summed E-state index contributed by atoms with van der Waals surface area (Å²) in [7, 11) is 1.58. The fourth-order valence-corrected chi connectivity index (χ4v) is 1.52. The molecular formula is C13H12N4O. The third kappa shape index (κ3) is 2.74. The first-order valence-corrected chi connectivity index (χ1v) is 5.40. The summed E-state index contributed by atoms with van der Waals surface area (Å²) in [5, 5.41) is 12.0. The summed E-state index contributed by atoms with van der Waals surface area (Å²) < 4.78 is 5.23. The van der Waals surface area contributed by atoms with Crippen LogP contribution in [0.5, 0.6) is 5.75 Å². The Balaban J connectivity index is 2.12. The first kappa shape index (κ1) is 11.9. The predicted octanol–water partition coefficient (Wildman–Crippen LogP) is 1.97. The number of anilines is 1. The molecule has 0 amide bonds. The van der Waals surface area contributed by atoms with Gasteiger partial charge in [0.25, 0.3) is 0 Å². The minimum Gasteiger partial charge on any atom is -0.495 e. The van der Waals surface area contributed by atoms with Crippen molar-refractivity contribution in [2.75, 3.05) is 12.4 Å². The highest BCUT2D eigenvalue weighted by Crippen LogP contribution is 2.25. The van der Waals surface area contributed by atoms with Gasteiger partial charge in [-0.3, -0.25) is 0 Å². The highest BCUT2D eigenvalue weighted by atomic mass is 16.5. The number of hydrogen-bond acceptors (Lipinski definition) is 5. The molecule has 0 fully saturated rings. The summed E-state index contributed by atoms with van der Waals surface area (Å²) in [6, 6.07) is 9.17. The maximum atomic E-state index is 8.81. The van der Waals surface area contributed by atoms with E-state index in [1.807, 2.05) is 12.1 Å². The van der Waals surface area contributed by atoms with Crippen LogP contribution in [0.15, 0.2) is 36.8 Å². The van der Waals surface area contributed by atoms with Crippen LogP contribution in [0.25, 0.3) is 0 Å². The van der Waals surface area contributed by atoms with Crippen LogP contribution in [0.3, 0.4) is 0 Å². The summed E-state index contributed by atoms with van der Waals surface area (Å²) >= 11 is 0. The van der Waals surface area contributed by atoms with Gasteiger partial charge < -0.3 is 10.1 Å². The highest BCUT2D eigenvalue weighted by Gasteiger charge is 2.04. The third-order valence-electron chi connectivity index (χ3n) is 2.43. The topological polar surface area (TPSA) is 70.8 Å². The minimum absolute atomic E-state index is 0.569. The molecule has 2 aromatic rings. The molecule has 18 heavy (non-hydrogen) atoms. The van der Waals surface area contributed by atoms with Crippen molar-refractivity contribution in [2.24, 2.45) is 0 Å². The molecule has 0 atom stereocenters. The molecule has 0 aliphatic rings. The molecule has 0 spiro atoms. The largest absolute Gasteiger partial charge is 0.495 e. The first-order valence-electron chi connectivity index (χ1n) is 5.40. The maximum Gasteiger partial charge on any atom is 0.143 e. The van der Waals surface area contributed by atoms with Crippen LogP contribution < -0.4 is 10.1 Å². The van der Waals surface area contributed by atoms with E-state index in [0.717, 1.165) is 11.4 Å². The molecular weight excluding hydrogens is 228 g/mol. The smallest absolute Gasteiger partial charge is 0.143 e. The number of hydrogen-bond donors (Lipinski definition) is 1. The van der Waals surface area contributed by atoms with Crippen molar-refractivity contribution in [3.8, 4) is 11.8 Å². The van der Waals surface area contributed by atoms with Gasteiger partial charge in [-0.05, 0) is 18.2 Å². The van der Waals surface area contributed by atoms with Crippen LogP contribution >= 0.6 is 0 Å². The summed E-state index contributed by atoms with van der Waals surface area (Å²) in [4.78, 5) is 7.97. The van der Waals surface area contributed by atoms with Gasteiger partial charge >= 0.3 is 0 Å². The lowest BCUT2D eigenvalue weighted by atomic mass is 10.2. The molecule has 0 unspecified atom stereocenters. The van der Waals surface area contributed by atoms with Crippen molar-refractivity contribution in [3.63, 3.8) is 0 Å². The Hall–Kier alpha value is -2.61. The van der Waals surface area contributed by atoms with Crippen molar-refractivity contribution in [2.45, 2.75) is 6.54 Å². The number of benzene rings is 1. The maximum absolute atomic E-state index is 8.81. The number of methoxy groups -OCH3 is 1. The van der Waals surface area contributed by atoms with E-state index in [1.165, 1.54) is 6.33 Å². The van der Waals surface area contributed by atoms with Gasteiger partial charge in [0.2, 0.25) is 0 Å². The van der Waals surface area contributed by atoms with Gasteiger partial charge in [-0.1, -0.05) is 0 Å². The number of aromatic nitrogens is 2. The van der Waals surface area contributed by atoms with Gasteiger partial charge in [-0.25, -0.2) is 9.97 Å². The molecule has 5 nitrogen and oxygen atoms in total.